The van der Waals surface area contributed by atoms with Gasteiger partial charge in [-0.25, -0.2) is 10.2 Å². The van der Waals surface area contributed by atoms with Crippen LogP contribution in [-0.4, -0.2) is 27.7 Å². The van der Waals surface area contributed by atoms with Gasteiger partial charge in [-0.2, -0.15) is 5.10 Å². The van der Waals surface area contributed by atoms with Gasteiger partial charge in [-0.3, -0.25) is 0 Å². The van der Waals surface area contributed by atoms with Gasteiger partial charge in [0.15, 0.2) is 0 Å². The van der Waals surface area contributed by atoms with E-state index in [-0.39, 0.29) is 0 Å². The third-order valence-corrected chi connectivity index (χ3v) is 3.20. The first-order valence-corrected chi connectivity index (χ1v) is 6.21. The monoisotopic (exact) mass is 257 g/mol. The molecular weight excluding hydrogens is 242 g/mol. The molecule has 1 heterocycles. The predicted molar refractivity (Wildman–Crippen MR) is 71.9 cm³/mol. The Balaban J connectivity index is 1.87. The normalized spacial score (nSPS) is 16.2. The summed E-state index contributed by atoms with van der Waals surface area (Å²) in [6.45, 7) is 0. The van der Waals surface area contributed by atoms with Crippen LogP contribution in [0.4, 0.5) is 0 Å². The number of ether oxygens (including phenoxy) is 1. The second-order valence-corrected chi connectivity index (χ2v) is 4.40. The number of nitrogens with one attached hydrogen (secondary N) is 1. The minimum Gasteiger partial charge on any atom is -0.497 e. The summed E-state index contributed by atoms with van der Waals surface area (Å²) in [6.07, 6.45) is 6.28. The van der Waals surface area contributed by atoms with Crippen LogP contribution < -0.4 is 10.3 Å². The Kier molecular flexibility index (Phi) is 3.14. The van der Waals surface area contributed by atoms with Crippen LogP contribution in [0.1, 0.15) is 24.0 Å². The van der Waals surface area contributed by atoms with Crippen LogP contribution in [0.3, 0.4) is 0 Å². The Bertz CT molecular complexity index is 591. The van der Waals surface area contributed by atoms with Crippen molar-refractivity contribution >= 4 is 5.71 Å². The fourth-order valence-electron chi connectivity index (χ4n) is 2.25. The molecule has 0 aliphatic heterocycles. The number of aromatic nitrogens is 3. The van der Waals surface area contributed by atoms with Crippen molar-refractivity contribution in [1.29, 1.82) is 0 Å². The van der Waals surface area contributed by atoms with Crippen LogP contribution in [-0.2, 0) is 6.42 Å². The van der Waals surface area contributed by atoms with Crippen molar-refractivity contribution in [2.45, 2.75) is 19.3 Å². The molecule has 0 atom stereocenters. The minimum atomic E-state index is 0.895. The van der Waals surface area contributed by atoms with E-state index in [2.05, 4.69) is 33.0 Å². The highest BCUT2D eigenvalue weighted by atomic mass is 16.5. The standard InChI is InChI=1S/C13H15N5O/c1-19-11-5-6-12-10(7-11)3-2-4-13(12)16-17-18-8-14-15-9-18/h5-9,17H,2-4H2,1H3/b16-13-. The van der Waals surface area contributed by atoms with Crippen LogP contribution >= 0.6 is 0 Å². The van der Waals surface area contributed by atoms with Gasteiger partial charge in [-0.15, -0.1) is 10.2 Å². The number of hydrogen-bond donors (Lipinski definition) is 1. The number of methoxy groups -OCH3 is 1. The topological polar surface area (TPSA) is 64.3 Å². The van der Waals surface area contributed by atoms with Gasteiger partial charge in [0.05, 0.1) is 12.8 Å². The van der Waals surface area contributed by atoms with E-state index in [1.807, 2.05) is 6.07 Å². The Morgan fingerprint density at radius 1 is 1.26 bits per heavy atom. The number of fused-ring (bicyclic) bond motifs is 1. The maximum Gasteiger partial charge on any atom is 0.140 e. The Labute approximate surface area is 111 Å². The molecule has 0 fully saturated rings. The lowest BCUT2D eigenvalue weighted by atomic mass is 9.90. The van der Waals surface area contributed by atoms with Gasteiger partial charge in [0.1, 0.15) is 18.4 Å². The predicted octanol–water partition coefficient (Wildman–Crippen LogP) is 1.57. The number of hydrogen-bond acceptors (Lipinski definition) is 5. The van der Waals surface area contributed by atoms with Gasteiger partial charge in [0.2, 0.25) is 0 Å². The molecule has 0 spiro atoms. The molecule has 0 amide bonds. The molecule has 1 aromatic heterocycles. The summed E-state index contributed by atoms with van der Waals surface area (Å²) in [5.41, 5.74) is 6.44. The molecule has 0 saturated heterocycles. The van der Waals surface area contributed by atoms with E-state index in [0.29, 0.717) is 0 Å². The molecule has 98 valence electrons. The molecular formula is C13H15N5O. The first kappa shape index (κ1) is 11.7. The van der Waals surface area contributed by atoms with E-state index < -0.39 is 0 Å². The molecule has 1 aliphatic carbocycles. The molecule has 19 heavy (non-hydrogen) atoms. The van der Waals surface area contributed by atoms with Crippen molar-refractivity contribution in [3.05, 3.63) is 42.0 Å². The zero-order chi connectivity index (χ0) is 13.1. The van der Waals surface area contributed by atoms with Crippen molar-refractivity contribution in [2.24, 2.45) is 5.10 Å². The minimum absolute atomic E-state index is 0.895. The highest BCUT2D eigenvalue weighted by Crippen LogP contribution is 2.25. The van der Waals surface area contributed by atoms with E-state index >= 15 is 0 Å². The zero-order valence-corrected chi connectivity index (χ0v) is 10.7. The average Bonchev–Trinajstić information content (AvgIpc) is 2.97. The summed E-state index contributed by atoms with van der Waals surface area (Å²) in [5.74, 6) is 0.895. The van der Waals surface area contributed by atoms with E-state index in [1.54, 1.807) is 24.4 Å². The summed E-state index contributed by atoms with van der Waals surface area (Å²) in [7, 11) is 1.69. The largest absolute Gasteiger partial charge is 0.497 e. The second-order valence-electron chi connectivity index (χ2n) is 4.40. The Morgan fingerprint density at radius 3 is 2.89 bits per heavy atom. The maximum atomic E-state index is 5.26. The van der Waals surface area contributed by atoms with Crippen molar-refractivity contribution in [3.8, 4) is 5.75 Å². The summed E-state index contributed by atoms with van der Waals surface area (Å²) >= 11 is 0. The van der Waals surface area contributed by atoms with Crippen LogP contribution in [0.2, 0.25) is 0 Å². The van der Waals surface area contributed by atoms with Crippen LogP contribution in [0.5, 0.6) is 5.75 Å². The molecule has 2 aromatic rings. The van der Waals surface area contributed by atoms with Crippen LogP contribution in [0.15, 0.2) is 36.0 Å². The van der Waals surface area contributed by atoms with E-state index in [9.17, 15) is 0 Å². The molecule has 0 unspecified atom stereocenters. The molecule has 1 aromatic carbocycles. The van der Waals surface area contributed by atoms with Crippen molar-refractivity contribution in [1.82, 2.24) is 14.9 Å². The molecule has 3 rings (SSSR count). The number of hydrazone groups is 1. The Morgan fingerprint density at radius 2 is 2.11 bits per heavy atom. The fraction of sp³-hybridized carbons (Fsp3) is 0.308. The highest BCUT2D eigenvalue weighted by molar-refractivity contribution is 6.02. The molecule has 6 heteroatoms. The number of aryl methyl sites for hydroxylation is 1. The third kappa shape index (κ3) is 2.42. The molecule has 0 bridgehead atoms. The van der Waals surface area contributed by atoms with Gasteiger partial charge in [0, 0.05) is 5.56 Å². The van der Waals surface area contributed by atoms with Crippen LogP contribution in [0.25, 0.3) is 0 Å². The summed E-state index contributed by atoms with van der Waals surface area (Å²) in [4.78, 5) is 0. The van der Waals surface area contributed by atoms with Gasteiger partial charge in [-0.1, -0.05) is 0 Å². The number of benzene rings is 1. The first-order valence-electron chi connectivity index (χ1n) is 6.21. The van der Waals surface area contributed by atoms with E-state index in [1.165, 1.54) is 11.1 Å². The van der Waals surface area contributed by atoms with E-state index in [0.717, 1.165) is 30.7 Å². The summed E-state index contributed by atoms with van der Waals surface area (Å²) < 4.78 is 6.87. The quantitative estimate of drug-likeness (QED) is 0.848. The average molecular weight is 257 g/mol. The van der Waals surface area contributed by atoms with Gasteiger partial charge < -0.3 is 4.74 Å². The van der Waals surface area contributed by atoms with Gasteiger partial charge >= 0.3 is 0 Å². The summed E-state index contributed by atoms with van der Waals surface area (Å²) in [5, 5.41) is 11.9. The number of rotatable bonds is 3. The van der Waals surface area contributed by atoms with E-state index in [4.69, 9.17) is 4.74 Å². The maximum absolute atomic E-state index is 5.26. The van der Waals surface area contributed by atoms with Crippen molar-refractivity contribution < 1.29 is 4.74 Å². The molecule has 6 nitrogen and oxygen atoms in total. The molecule has 0 radical (unpaired) electrons. The van der Waals surface area contributed by atoms with Crippen molar-refractivity contribution in [3.63, 3.8) is 0 Å². The smallest absolute Gasteiger partial charge is 0.140 e. The van der Waals surface area contributed by atoms with Crippen LogP contribution in [0, 0.1) is 0 Å². The molecule has 1 N–H and O–H groups in total. The highest BCUT2D eigenvalue weighted by Gasteiger charge is 2.16. The molecule has 0 saturated carbocycles. The van der Waals surface area contributed by atoms with Crippen molar-refractivity contribution in [2.75, 3.05) is 12.6 Å². The van der Waals surface area contributed by atoms with Gasteiger partial charge in [0.25, 0.3) is 0 Å². The third-order valence-electron chi connectivity index (χ3n) is 3.20. The molecule has 1 aliphatic rings. The Hall–Kier alpha value is -2.37. The lowest BCUT2D eigenvalue weighted by molar-refractivity contribution is 0.414. The fourth-order valence-corrected chi connectivity index (χ4v) is 2.25. The lowest BCUT2D eigenvalue weighted by Gasteiger charge is -2.18. The lowest BCUT2D eigenvalue weighted by Crippen LogP contribution is -2.16. The summed E-state index contributed by atoms with van der Waals surface area (Å²) in [6, 6.07) is 6.13. The number of nitrogens with zero attached hydrogens (tertiary/aromatic N) is 4. The van der Waals surface area contributed by atoms with Gasteiger partial charge in [-0.05, 0) is 43.0 Å². The SMILES string of the molecule is COc1ccc2c(c1)CCC/C2=N/Nn1cnnc1. The first-order chi connectivity index (χ1) is 9.36. The second kappa shape index (κ2) is 5.09. The zero-order valence-electron chi connectivity index (χ0n) is 10.7.